The molecule has 1 aliphatic heterocycles. The van der Waals surface area contributed by atoms with E-state index in [9.17, 15) is 18.0 Å². The van der Waals surface area contributed by atoms with Gasteiger partial charge in [-0.15, -0.1) is 0 Å². The van der Waals surface area contributed by atoms with Crippen molar-refractivity contribution in [1.29, 1.82) is 0 Å². The van der Waals surface area contributed by atoms with Gasteiger partial charge < -0.3 is 10.4 Å². The van der Waals surface area contributed by atoms with Crippen LogP contribution in [0.2, 0.25) is 0 Å². The fourth-order valence-electron chi connectivity index (χ4n) is 2.66. The first-order chi connectivity index (χ1) is 10.3. The average Bonchev–Trinajstić information content (AvgIpc) is 2.76. The van der Waals surface area contributed by atoms with Crippen molar-refractivity contribution in [2.24, 2.45) is 5.92 Å². The van der Waals surface area contributed by atoms with Crippen LogP contribution in [0.5, 0.6) is 0 Å². The number of nitrogens with zero attached hydrogens (tertiary/aromatic N) is 1. The minimum Gasteiger partial charge on any atom is -0.355 e. The molecule has 0 saturated carbocycles. The van der Waals surface area contributed by atoms with Crippen molar-refractivity contribution in [3.8, 4) is 0 Å². The summed E-state index contributed by atoms with van der Waals surface area (Å²) in [5.41, 5.74) is 0.800. The molecule has 1 atom stereocenters. The molecule has 8 nitrogen and oxygen atoms in total. The smallest absolute Gasteiger partial charge is 0.267 e. The number of aromatic amines is 2. The van der Waals surface area contributed by atoms with Crippen LogP contribution in [0.1, 0.15) is 24.1 Å². The molecule has 1 aromatic rings. The van der Waals surface area contributed by atoms with Crippen molar-refractivity contribution < 1.29 is 13.2 Å². The third-order valence-corrected chi connectivity index (χ3v) is 5.24. The van der Waals surface area contributed by atoms with Crippen molar-refractivity contribution in [2.75, 3.05) is 25.9 Å². The minimum atomic E-state index is -3.18. The summed E-state index contributed by atoms with van der Waals surface area (Å²) in [4.78, 5) is 23.4. The van der Waals surface area contributed by atoms with E-state index in [2.05, 4.69) is 15.5 Å². The molecule has 1 aliphatic rings. The molecular formula is C13H22N4O4S. The predicted molar refractivity (Wildman–Crippen MR) is 82.0 cm³/mol. The predicted octanol–water partition coefficient (Wildman–Crippen LogP) is -0.658. The number of aryl methyl sites for hydroxylation is 1. The Morgan fingerprint density at radius 3 is 2.73 bits per heavy atom. The molecule has 2 heterocycles. The van der Waals surface area contributed by atoms with Crippen LogP contribution in [0.25, 0.3) is 0 Å². The number of H-pyrrole nitrogens is 2. The lowest BCUT2D eigenvalue weighted by atomic mass is 9.99. The van der Waals surface area contributed by atoms with Gasteiger partial charge in [0.25, 0.3) is 5.56 Å². The molecule has 1 fully saturated rings. The summed E-state index contributed by atoms with van der Waals surface area (Å²) in [6, 6.07) is 0. The van der Waals surface area contributed by atoms with Gasteiger partial charge in [0.2, 0.25) is 15.9 Å². The highest BCUT2D eigenvalue weighted by Gasteiger charge is 2.26. The zero-order chi connectivity index (χ0) is 16.3. The summed E-state index contributed by atoms with van der Waals surface area (Å²) in [6.45, 7) is 3.13. The zero-order valence-electron chi connectivity index (χ0n) is 12.8. The van der Waals surface area contributed by atoms with Crippen LogP contribution in [-0.2, 0) is 21.2 Å². The highest BCUT2D eigenvalue weighted by Crippen LogP contribution is 2.17. The van der Waals surface area contributed by atoms with Crippen molar-refractivity contribution in [1.82, 2.24) is 19.8 Å². The van der Waals surface area contributed by atoms with Gasteiger partial charge in [-0.2, -0.15) is 0 Å². The number of nitrogens with one attached hydrogen (secondary N) is 3. The summed E-state index contributed by atoms with van der Waals surface area (Å²) in [6.07, 6.45) is 2.91. The van der Waals surface area contributed by atoms with Crippen LogP contribution in [0.3, 0.4) is 0 Å². The van der Waals surface area contributed by atoms with Gasteiger partial charge in [0.05, 0.1) is 12.7 Å². The summed E-state index contributed by atoms with van der Waals surface area (Å²) >= 11 is 0. The standard InChI is InChI=1S/C13H22N4O4S/c1-9-11(13(19)16-15-9)6-12(18)14-7-10-4-3-5-17(8-10)22(2,20)21/h10H,3-8H2,1-2H3,(H,14,18)(H2,15,16,19)/t10-/m0/s1. The minimum absolute atomic E-state index is 0.0210. The van der Waals surface area contributed by atoms with Crippen LogP contribution in [-0.4, -0.2) is 54.7 Å². The summed E-state index contributed by atoms with van der Waals surface area (Å²) in [5, 5.41) is 7.91. The van der Waals surface area contributed by atoms with E-state index in [-0.39, 0.29) is 23.8 Å². The number of aromatic nitrogens is 2. The van der Waals surface area contributed by atoms with E-state index in [4.69, 9.17) is 0 Å². The van der Waals surface area contributed by atoms with E-state index in [1.54, 1.807) is 6.92 Å². The molecule has 3 N–H and O–H groups in total. The Morgan fingerprint density at radius 1 is 1.41 bits per heavy atom. The monoisotopic (exact) mass is 330 g/mol. The molecule has 1 saturated heterocycles. The molecule has 0 radical (unpaired) electrons. The van der Waals surface area contributed by atoms with Gasteiger partial charge in [-0.05, 0) is 25.7 Å². The molecule has 22 heavy (non-hydrogen) atoms. The van der Waals surface area contributed by atoms with E-state index >= 15 is 0 Å². The fourth-order valence-corrected chi connectivity index (χ4v) is 3.60. The first-order valence-corrected chi connectivity index (χ1v) is 9.10. The number of hydrogen-bond acceptors (Lipinski definition) is 4. The molecule has 9 heteroatoms. The highest BCUT2D eigenvalue weighted by molar-refractivity contribution is 7.88. The van der Waals surface area contributed by atoms with Crippen LogP contribution < -0.4 is 10.9 Å². The number of rotatable bonds is 5. The van der Waals surface area contributed by atoms with Gasteiger partial charge in [-0.1, -0.05) is 0 Å². The lowest BCUT2D eigenvalue weighted by molar-refractivity contribution is -0.120. The van der Waals surface area contributed by atoms with Gasteiger partial charge >= 0.3 is 0 Å². The first kappa shape index (κ1) is 16.8. The lowest BCUT2D eigenvalue weighted by Crippen LogP contribution is -2.43. The molecule has 0 unspecified atom stereocenters. The molecular weight excluding hydrogens is 308 g/mol. The Labute approximate surface area is 129 Å². The molecule has 2 rings (SSSR count). The number of amides is 1. The topological polar surface area (TPSA) is 115 Å². The maximum Gasteiger partial charge on any atom is 0.267 e. The van der Waals surface area contributed by atoms with Crippen LogP contribution >= 0.6 is 0 Å². The largest absolute Gasteiger partial charge is 0.355 e. The van der Waals surface area contributed by atoms with Gasteiger partial charge in [-0.3, -0.25) is 14.7 Å². The second-order valence-corrected chi connectivity index (χ2v) is 7.78. The summed E-state index contributed by atoms with van der Waals surface area (Å²) in [7, 11) is -3.18. The molecule has 1 aromatic heterocycles. The number of carbonyl (C=O) groups excluding carboxylic acids is 1. The van der Waals surface area contributed by atoms with Crippen LogP contribution in [0, 0.1) is 12.8 Å². The second kappa shape index (κ2) is 6.66. The Hall–Kier alpha value is -1.61. The third kappa shape index (κ3) is 4.20. The molecule has 0 aliphatic carbocycles. The third-order valence-electron chi connectivity index (χ3n) is 3.97. The van der Waals surface area contributed by atoms with E-state index < -0.39 is 10.0 Å². The summed E-state index contributed by atoms with van der Waals surface area (Å²) in [5.74, 6) is -0.122. The number of carbonyl (C=O) groups is 1. The van der Waals surface area contributed by atoms with Crippen molar-refractivity contribution in [3.05, 3.63) is 21.6 Å². The van der Waals surface area contributed by atoms with E-state index in [1.165, 1.54) is 10.6 Å². The van der Waals surface area contributed by atoms with Crippen molar-refractivity contribution in [2.45, 2.75) is 26.2 Å². The average molecular weight is 330 g/mol. The zero-order valence-corrected chi connectivity index (χ0v) is 13.6. The maximum absolute atomic E-state index is 11.9. The molecule has 1 amide bonds. The van der Waals surface area contributed by atoms with E-state index in [0.717, 1.165) is 12.8 Å². The van der Waals surface area contributed by atoms with Crippen molar-refractivity contribution in [3.63, 3.8) is 0 Å². The summed E-state index contributed by atoms with van der Waals surface area (Å²) < 4.78 is 24.6. The Balaban J connectivity index is 1.85. The Morgan fingerprint density at radius 2 is 2.14 bits per heavy atom. The first-order valence-electron chi connectivity index (χ1n) is 7.25. The highest BCUT2D eigenvalue weighted by atomic mass is 32.2. The van der Waals surface area contributed by atoms with Gasteiger partial charge in [-0.25, -0.2) is 12.7 Å². The van der Waals surface area contributed by atoms with Gasteiger partial charge in [0.15, 0.2) is 0 Å². The van der Waals surface area contributed by atoms with E-state index in [0.29, 0.717) is 30.9 Å². The van der Waals surface area contributed by atoms with E-state index in [1.807, 2.05) is 0 Å². The molecule has 0 bridgehead atoms. The SMILES string of the molecule is Cc1[nH][nH]c(=O)c1CC(=O)NC[C@@H]1CCCN(S(C)(=O)=O)C1. The Bertz CT molecular complexity index is 691. The number of hydrogen-bond donors (Lipinski definition) is 3. The molecule has 0 spiro atoms. The quantitative estimate of drug-likeness (QED) is 0.665. The van der Waals surface area contributed by atoms with Crippen LogP contribution in [0.4, 0.5) is 0 Å². The molecule has 124 valence electrons. The maximum atomic E-state index is 11.9. The number of sulfonamides is 1. The molecule has 0 aromatic carbocycles. The van der Waals surface area contributed by atoms with Gasteiger partial charge in [0, 0.05) is 30.9 Å². The lowest BCUT2D eigenvalue weighted by Gasteiger charge is -2.30. The van der Waals surface area contributed by atoms with Crippen LogP contribution in [0.15, 0.2) is 4.79 Å². The Kier molecular flexibility index (Phi) is 5.07. The van der Waals surface area contributed by atoms with Crippen molar-refractivity contribution >= 4 is 15.9 Å². The number of piperidine rings is 1. The second-order valence-electron chi connectivity index (χ2n) is 5.79. The normalized spacial score (nSPS) is 20.0. The van der Waals surface area contributed by atoms with Gasteiger partial charge in [0.1, 0.15) is 0 Å². The fraction of sp³-hybridized carbons (Fsp3) is 0.692.